The minimum absolute atomic E-state index is 0.0234. The predicted molar refractivity (Wildman–Crippen MR) is 65.5 cm³/mol. The second kappa shape index (κ2) is 5.65. The zero-order chi connectivity index (χ0) is 13.8. The first-order valence-electron chi connectivity index (χ1n) is 5.34. The first-order chi connectivity index (χ1) is 8.40. The van der Waals surface area contributed by atoms with Crippen molar-refractivity contribution in [1.29, 1.82) is 5.26 Å². The Balaban J connectivity index is 3.02. The molecular formula is C12H13NO4S. The molecule has 0 aliphatic heterocycles. The van der Waals surface area contributed by atoms with E-state index in [2.05, 4.69) is 0 Å². The molecule has 1 unspecified atom stereocenters. The molecule has 1 rings (SSSR count). The van der Waals surface area contributed by atoms with Gasteiger partial charge in [0.2, 0.25) is 0 Å². The Hall–Kier alpha value is -1.87. The number of hydrogen-bond acceptors (Lipinski definition) is 4. The van der Waals surface area contributed by atoms with Gasteiger partial charge >= 0.3 is 5.97 Å². The number of carboxylic acids is 1. The molecule has 5 nitrogen and oxygen atoms in total. The highest BCUT2D eigenvalue weighted by Gasteiger charge is 2.30. The van der Waals surface area contributed by atoms with Gasteiger partial charge in [0.25, 0.3) is 0 Å². The first-order valence-corrected chi connectivity index (χ1v) is 7.05. The van der Waals surface area contributed by atoms with Crippen molar-refractivity contribution in [2.24, 2.45) is 0 Å². The van der Waals surface area contributed by atoms with Crippen LogP contribution < -0.4 is 0 Å². The second-order valence-corrected chi connectivity index (χ2v) is 6.04. The quantitative estimate of drug-likeness (QED) is 0.868. The number of nitrogens with zero attached hydrogens (tertiary/aromatic N) is 1. The van der Waals surface area contributed by atoms with Gasteiger partial charge in [0, 0.05) is 0 Å². The normalized spacial score (nSPS) is 12.7. The number of hydrogen-bond donors (Lipinski definition) is 1. The molecule has 0 fully saturated rings. The SMILES string of the molecule is CCC(C(=O)O)S(=O)(=O)Cc1cccc(C#N)c1. The van der Waals surface area contributed by atoms with E-state index in [0.717, 1.165) is 0 Å². The Morgan fingerprint density at radius 1 is 1.50 bits per heavy atom. The summed E-state index contributed by atoms with van der Waals surface area (Å²) in [6.07, 6.45) is 0.0234. The standard InChI is InChI=1S/C12H13NO4S/c1-2-11(12(14)15)18(16,17)8-10-5-3-4-9(6-10)7-13/h3-6,11H,2,8H2,1H3,(H,14,15). The maximum atomic E-state index is 11.9. The van der Waals surface area contributed by atoms with Crippen LogP contribution in [0.3, 0.4) is 0 Å². The van der Waals surface area contributed by atoms with E-state index in [-0.39, 0.29) is 12.2 Å². The fourth-order valence-electron chi connectivity index (χ4n) is 1.65. The van der Waals surface area contributed by atoms with Gasteiger partial charge in [-0.2, -0.15) is 5.26 Å². The third-order valence-electron chi connectivity index (χ3n) is 2.50. The number of carboxylic acid groups (broad SMARTS) is 1. The Morgan fingerprint density at radius 3 is 2.67 bits per heavy atom. The van der Waals surface area contributed by atoms with Crippen molar-refractivity contribution in [2.45, 2.75) is 24.3 Å². The summed E-state index contributed by atoms with van der Waals surface area (Å²) in [6.45, 7) is 1.52. The van der Waals surface area contributed by atoms with Gasteiger partial charge < -0.3 is 5.11 Å². The Morgan fingerprint density at radius 2 is 2.17 bits per heavy atom. The Labute approximate surface area is 106 Å². The van der Waals surface area contributed by atoms with E-state index < -0.39 is 21.1 Å². The lowest BCUT2D eigenvalue weighted by molar-refractivity contribution is -0.136. The average Bonchev–Trinajstić information content (AvgIpc) is 2.28. The zero-order valence-electron chi connectivity index (χ0n) is 9.83. The fourth-order valence-corrected chi connectivity index (χ4v) is 3.31. The topological polar surface area (TPSA) is 95.2 Å². The molecule has 0 spiro atoms. The first kappa shape index (κ1) is 14.2. The molecular weight excluding hydrogens is 254 g/mol. The van der Waals surface area contributed by atoms with Gasteiger partial charge in [-0.15, -0.1) is 0 Å². The van der Waals surface area contributed by atoms with Crippen LogP contribution in [0.25, 0.3) is 0 Å². The van der Waals surface area contributed by atoms with Gasteiger partial charge in [-0.3, -0.25) is 4.79 Å². The zero-order valence-corrected chi connectivity index (χ0v) is 10.6. The highest BCUT2D eigenvalue weighted by molar-refractivity contribution is 7.92. The summed E-state index contributed by atoms with van der Waals surface area (Å²) in [6, 6.07) is 8.06. The van der Waals surface area contributed by atoms with Gasteiger partial charge in [-0.05, 0) is 24.1 Å². The van der Waals surface area contributed by atoms with Crippen LogP contribution in [0.5, 0.6) is 0 Å². The molecule has 0 saturated carbocycles. The third-order valence-corrected chi connectivity index (χ3v) is 4.64. The summed E-state index contributed by atoms with van der Waals surface area (Å²) < 4.78 is 23.8. The molecule has 0 heterocycles. The second-order valence-electron chi connectivity index (χ2n) is 3.85. The highest BCUT2D eigenvalue weighted by Crippen LogP contribution is 2.15. The molecule has 0 amide bonds. The number of carbonyl (C=O) groups is 1. The maximum absolute atomic E-state index is 11.9. The van der Waals surface area contributed by atoms with E-state index >= 15 is 0 Å². The number of rotatable bonds is 5. The van der Waals surface area contributed by atoms with Crippen LogP contribution in [0.15, 0.2) is 24.3 Å². The van der Waals surface area contributed by atoms with Crippen LogP contribution in [-0.2, 0) is 20.4 Å². The summed E-state index contributed by atoms with van der Waals surface area (Å²) in [7, 11) is -3.76. The summed E-state index contributed by atoms with van der Waals surface area (Å²) >= 11 is 0. The molecule has 18 heavy (non-hydrogen) atoms. The lowest BCUT2D eigenvalue weighted by atomic mass is 10.2. The predicted octanol–water partition coefficient (Wildman–Crippen LogP) is 1.34. The van der Waals surface area contributed by atoms with Gasteiger partial charge in [0.05, 0.1) is 17.4 Å². The van der Waals surface area contributed by atoms with Crippen LogP contribution in [0, 0.1) is 11.3 Å². The molecule has 1 aromatic rings. The minimum atomic E-state index is -3.76. The van der Waals surface area contributed by atoms with Crippen LogP contribution in [-0.4, -0.2) is 24.7 Å². The van der Waals surface area contributed by atoms with Crippen molar-refractivity contribution in [3.8, 4) is 6.07 Å². The molecule has 6 heteroatoms. The van der Waals surface area contributed by atoms with Crippen LogP contribution >= 0.6 is 0 Å². The van der Waals surface area contributed by atoms with Crippen molar-refractivity contribution in [3.05, 3.63) is 35.4 Å². The number of aliphatic carboxylic acids is 1. The van der Waals surface area contributed by atoms with Gasteiger partial charge in [-0.25, -0.2) is 8.42 Å². The lowest BCUT2D eigenvalue weighted by Gasteiger charge is -2.11. The molecule has 1 atom stereocenters. The highest BCUT2D eigenvalue weighted by atomic mass is 32.2. The fraction of sp³-hybridized carbons (Fsp3) is 0.333. The monoisotopic (exact) mass is 267 g/mol. The van der Waals surface area contributed by atoms with Crippen LogP contribution in [0.1, 0.15) is 24.5 Å². The minimum Gasteiger partial charge on any atom is -0.480 e. The summed E-state index contributed by atoms with van der Waals surface area (Å²) in [4.78, 5) is 10.9. The van der Waals surface area contributed by atoms with Crippen LogP contribution in [0.4, 0.5) is 0 Å². The molecule has 1 aromatic carbocycles. The van der Waals surface area contributed by atoms with Crippen molar-refractivity contribution >= 4 is 15.8 Å². The number of benzene rings is 1. The van der Waals surface area contributed by atoms with Crippen molar-refractivity contribution < 1.29 is 18.3 Å². The van der Waals surface area contributed by atoms with E-state index in [1.165, 1.54) is 13.0 Å². The third kappa shape index (κ3) is 3.31. The largest absolute Gasteiger partial charge is 0.480 e. The summed E-state index contributed by atoms with van der Waals surface area (Å²) in [5, 5.41) is 16.2. The van der Waals surface area contributed by atoms with E-state index in [9.17, 15) is 13.2 Å². The summed E-state index contributed by atoms with van der Waals surface area (Å²) in [5.41, 5.74) is 0.778. The Bertz CT molecular complexity index is 586. The van der Waals surface area contributed by atoms with Crippen molar-refractivity contribution in [3.63, 3.8) is 0 Å². The Kier molecular flexibility index (Phi) is 4.45. The summed E-state index contributed by atoms with van der Waals surface area (Å²) in [5.74, 6) is -1.71. The van der Waals surface area contributed by atoms with E-state index in [1.807, 2.05) is 6.07 Å². The average molecular weight is 267 g/mol. The molecule has 1 N–H and O–H groups in total. The molecule has 0 aliphatic carbocycles. The van der Waals surface area contributed by atoms with E-state index in [4.69, 9.17) is 10.4 Å². The molecule has 0 aliphatic rings. The smallest absolute Gasteiger partial charge is 0.321 e. The van der Waals surface area contributed by atoms with Crippen molar-refractivity contribution in [1.82, 2.24) is 0 Å². The van der Waals surface area contributed by atoms with E-state index in [0.29, 0.717) is 11.1 Å². The molecule has 0 radical (unpaired) electrons. The lowest BCUT2D eigenvalue weighted by Crippen LogP contribution is -2.30. The number of nitriles is 1. The maximum Gasteiger partial charge on any atom is 0.321 e. The number of sulfone groups is 1. The molecule has 0 aromatic heterocycles. The van der Waals surface area contributed by atoms with E-state index in [1.54, 1.807) is 18.2 Å². The molecule has 0 bridgehead atoms. The molecule has 96 valence electrons. The van der Waals surface area contributed by atoms with Gasteiger partial charge in [0.1, 0.15) is 0 Å². The van der Waals surface area contributed by atoms with Gasteiger partial charge in [0.15, 0.2) is 15.1 Å². The van der Waals surface area contributed by atoms with Gasteiger partial charge in [-0.1, -0.05) is 19.1 Å². The van der Waals surface area contributed by atoms with Crippen LogP contribution in [0.2, 0.25) is 0 Å². The van der Waals surface area contributed by atoms with Crippen molar-refractivity contribution in [2.75, 3.05) is 0 Å². The molecule has 0 saturated heterocycles.